The van der Waals surface area contributed by atoms with Crippen LogP contribution in [0.5, 0.6) is 0 Å². The summed E-state index contributed by atoms with van der Waals surface area (Å²) >= 11 is 5.71. The molecule has 0 N–H and O–H groups in total. The Morgan fingerprint density at radius 1 is 1.34 bits per heavy atom. The highest BCUT2D eigenvalue weighted by atomic mass is 35.5. The number of halogens is 1. The fourth-order valence-corrected chi connectivity index (χ4v) is 3.98. The van der Waals surface area contributed by atoms with Gasteiger partial charge in [-0.2, -0.15) is 5.26 Å². The maximum absolute atomic E-state index is 11.1. The number of benzene rings is 1. The third kappa shape index (κ3) is 9.03. The molecule has 0 saturated carbocycles. The van der Waals surface area contributed by atoms with Crippen LogP contribution in [-0.4, -0.2) is 32.1 Å². The molecular formula is C22H31ClN2O3S. The van der Waals surface area contributed by atoms with E-state index < -0.39 is 10.0 Å². The van der Waals surface area contributed by atoms with Crippen molar-refractivity contribution in [3.8, 4) is 6.07 Å². The van der Waals surface area contributed by atoms with Gasteiger partial charge < -0.3 is 4.42 Å². The summed E-state index contributed by atoms with van der Waals surface area (Å²) < 4.78 is 28.6. The fourth-order valence-electron chi connectivity index (χ4n) is 2.80. The molecule has 1 aliphatic heterocycles. The minimum Gasteiger partial charge on any atom is -0.472 e. The van der Waals surface area contributed by atoms with Crippen LogP contribution >= 0.6 is 11.6 Å². The van der Waals surface area contributed by atoms with E-state index in [9.17, 15) is 8.42 Å². The molecule has 0 aliphatic carbocycles. The van der Waals surface area contributed by atoms with Gasteiger partial charge in [0.05, 0.1) is 29.4 Å². The molecule has 5 nitrogen and oxygen atoms in total. The average molecular weight is 439 g/mol. The van der Waals surface area contributed by atoms with Crippen LogP contribution < -0.4 is 0 Å². The van der Waals surface area contributed by atoms with E-state index in [0.29, 0.717) is 29.0 Å². The topological polar surface area (TPSA) is 74.3 Å². The van der Waals surface area contributed by atoms with Crippen LogP contribution in [0.15, 0.2) is 41.2 Å². The van der Waals surface area contributed by atoms with Gasteiger partial charge in [-0.05, 0) is 60.9 Å². The highest BCUT2D eigenvalue weighted by Crippen LogP contribution is 2.24. The molecule has 1 aliphatic rings. The van der Waals surface area contributed by atoms with Crippen LogP contribution in [-0.2, 0) is 16.4 Å². The van der Waals surface area contributed by atoms with E-state index in [-0.39, 0.29) is 0 Å². The van der Waals surface area contributed by atoms with Crippen molar-refractivity contribution in [3.63, 3.8) is 0 Å². The first-order chi connectivity index (χ1) is 13.6. The number of hydrogen-bond donors (Lipinski definition) is 0. The number of hydrogen-bond acceptors (Lipinski definition) is 4. The summed E-state index contributed by atoms with van der Waals surface area (Å²) in [7, 11) is -2.94. The Labute approximate surface area is 180 Å². The van der Waals surface area contributed by atoms with Crippen molar-refractivity contribution in [2.75, 3.05) is 19.3 Å². The molecule has 1 atom stereocenters. The lowest BCUT2D eigenvalue weighted by Gasteiger charge is -2.15. The van der Waals surface area contributed by atoms with Gasteiger partial charge in [0, 0.05) is 13.1 Å². The number of sulfonamides is 1. The summed E-state index contributed by atoms with van der Waals surface area (Å²) in [4.78, 5) is 0. The molecule has 0 spiro atoms. The van der Waals surface area contributed by atoms with Crippen molar-refractivity contribution in [1.82, 2.24) is 4.31 Å². The molecule has 3 rings (SSSR count). The molecule has 160 valence electrons. The standard InChI is InChI=1S/C8H6ClN.C8H17NO2S.C6H8O/c1-6-2-3-7(5-10)8(9)4-6;1-7(2)8-4-5-9(6-8)12(3,10)11;1-2-6-3-4-7-5-6/h2-4H,1H3;7-8H,4-6H2,1-3H3;3-5H,2H2,1H3. The van der Waals surface area contributed by atoms with Gasteiger partial charge in [-0.15, -0.1) is 0 Å². The summed E-state index contributed by atoms with van der Waals surface area (Å²) in [6, 6.07) is 9.33. The Morgan fingerprint density at radius 2 is 2.03 bits per heavy atom. The zero-order valence-electron chi connectivity index (χ0n) is 17.9. The van der Waals surface area contributed by atoms with Crippen molar-refractivity contribution >= 4 is 21.6 Å². The van der Waals surface area contributed by atoms with Gasteiger partial charge in [0.2, 0.25) is 10.0 Å². The third-order valence-electron chi connectivity index (χ3n) is 4.83. The Kier molecular flexibility index (Phi) is 10.5. The first kappa shape index (κ1) is 25.2. The maximum atomic E-state index is 11.1. The van der Waals surface area contributed by atoms with Crippen molar-refractivity contribution in [1.29, 1.82) is 5.26 Å². The van der Waals surface area contributed by atoms with Gasteiger partial charge in [-0.3, -0.25) is 0 Å². The van der Waals surface area contributed by atoms with E-state index in [4.69, 9.17) is 21.3 Å². The van der Waals surface area contributed by atoms with Crippen molar-refractivity contribution in [3.05, 3.63) is 58.5 Å². The summed E-state index contributed by atoms with van der Waals surface area (Å²) in [6.45, 7) is 9.77. The lowest BCUT2D eigenvalue weighted by atomic mass is 9.96. The largest absolute Gasteiger partial charge is 0.472 e. The van der Waals surface area contributed by atoms with E-state index in [1.54, 1.807) is 29.0 Å². The fraction of sp³-hybridized carbons (Fsp3) is 0.500. The molecule has 0 amide bonds. The summed E-state index contributed by atoms with van der Waals surface area (Å²) in [5, 5.41) is 9.00. The maximum Gasteiger partial charge on any atom is 0.211 e. The first-order valence-corrected chi connectivity index (χ1v) is 11.9. The first-order valence-electron chi connectivity index (χ1n) is 9.70. The third-order valence-corrected chi connectivity index (χ3v) is 6.42. The highest BCUT2D eigenvalue weighted by Gasteiger charge is 2.29. The summed E-state index contributed by atoms with van der Waals surface area (Å²) in [5.41, 5.74) is 2.87. The molecule has 2 aromatic rings. The minimum atomic E-state index is -2.94. The lowest BCUT2D eigenvalue weighted by molar-refractivity contribution is 0.390. The van der Waals surface area contributed by atoms with Crippen molar-refractivity contribution in [2.24, 2.45) is 11.8 Å². The second-order valence-electron chi connectivity index (χ2n) is 7.49. The van der Waals surface area contributed by atoms with Crippen LogP contribution in [0.3, 0.4) is 0 Å². The van der Waals surface area contributed by atoms with Crippen LogP contribution in [0.1, 0.15) is 43.9 Å². The SMILES string of the molecule is CC(C)C1CCN(S(C)(=O)=O)C1.CCc1ccoc1.Cc1ccc(C#N)c(Cl)c1. The van der Waals surface area contributed by atoms with E-state index >= 15 is 0 Å². The Morgan fingerprint density at radius 3 is 2.38 bits per heavy atom. The monoisotopic (exact) mass is 438 g/mol. The molecule has 1 aromatic carbocycles. The number of furan rings is 1. The number of aryl methyl sites for hydroxylation is 2. The number of rotatable bonds is 3. The van der Waals surface area contributed by atoms with E-state index in [1.165, 1.54) is 11.8 Å². The lowest BCUT2D eigenvalue weighted by Crippen LogP contribution is -2.28. The summed E-state index contributed by atoms with van der Waals surface area (Å²) in [5.74, 6) is 1.15. The van der Waals surface area contributed by atoms with Crippen molar-refractivity contribution < 1.29 is 12.8 Å². The molecule has 2 heterocycles. The molecule has 1 saturated heterocycles. The average Bonchev–Trinajstić information content (AvgIpc) is 3.34. The van der Waals surface area contributed by atoms with Gasteiger partial charge in [-0.1, -0.05) is 38.4 Å². The minimum absolute atomic E-state index is 0.530. The molecule has 1 aromatic heterocycles. The second kappa shape index (κ2) is 12.0. The van der Waals surface area contributed by atoms with Crippen molar-refractivity contribution in [2.45, 2.75) is 40.5 Å². The predicted molar refractivity (Wildman–Crippen MR) is 118 cm³/mol. The van der Waals surface area contributed by atoms with Crippen LogP contribution in [0, 0.1) is 30.1 Å². The quantitative estimate of drug-likeness (QED) is 0.652. The van der Waals surface area contributed by atoms with Crippen LogP contribution in [0.25, 0.3) is 0 Å². The van der Waals surface area contributed by atoms with E-state index in [0.717, 1.165) is 24.9 Å². The molecular weight excluding hydrogens is 408 g/mol. The molecule has 7 heteroatoms. The van der Waals surface area contributed by atoms with Gasteiger partial charge in [-0.25, -0.2) is 12.7 Å². The van der Waals surface area contributed by atoms with Gasteiger partial charge >= 0.3 is 0 Å². The summed E-state index contributed by atoms with van der Waals surface area (Å²) in [6.07, 6.45) is 6.83. The molecule has 0 radical (unpaired) electrons. The van der Waals surface area contributed by atoms with Crippen LogP contribution in [0.4, 0.5) is 0 Å². The molecule has 1 unspecified atom stereocenters. The smallest absolute Gasteiger partial charge is 0.211 e. The Bertz CT molecular complexity index is 887. The number of nitrogens with zero attached hydrogens (tertiary/aromatic N) is 2. The van der Waals surface area contributed by atoms with E-state index in [1.807, 2.05) is 25.1 Å². The molecule has 1 fully saturated rings. The highest BCUT2D eigenvalue weighted by molar-refractivity contribution is 7.88. The zero-order valence-corrected chi connectivity index (χ0v) is 19.4. The number of nitriles is 1. The van der Waals surface area contributed by atoms with Gasteiger partial charge in [0.1, 0.15) is 6.07 Å². The molecule has 0 bridgehead atoms. The Hall–Kier alpha value is -1.81. The molecule has 29 heavy (non-hydrogen) atoms. The van der Waals surface area contributed by atoms with Crippen LogP contribution in [0.2, 0.25) is 5.02 Å². The predicted octanol–water partition coefficient (Wildman–Crippen LogP) is 5.29. The zero-order chi connectivity index (χ0) is 22.0. The van der Waals surface area contributed by atoms with E-state index in [2.05, 4.69) is 20.8 Å². The normalized spacial score (nSPS) is 16.4. The van der Waals surface area contributed by atoms with Gasteiger partial charge in [0.15, 0.2) is 0 Å². The second-order valence-corrected chi connectivity index (χ2v) is 9.88. The Balaban J connectivity index is 0.000000225. The van der Waals surface area contributed by atoms with Gasteiger partial charge in [0.25, 0.3) is 0 Å².